The highest BCUT2D eigenvalue weighted by Crippen LogP contribution is 2.30. The van der Waals surface area contributed by atoms with Gasteiger partial charge in [0.05, 0.1) is 0 Å². The summed E-state index contributed by atoms with van der Waals surface area (Å²) >= 11 is 0. The van der Waals surface area contributed by atoms with E-state index in [2.05, 4.69) is 45.0 Å². The molecule has 0 spiro atoms. The number of para-hydroxylation sites is 1. The summed E-state index contributed by atoms with van der Waals surface area (Å²) in [7, 11) is 0. The predicted molar refractivity (Wildman–Crippen MR) is 97.2 cm³/mol. The topological polar surface area (TPSA) is 26.8 Å². The zero-order valence-corrected chi connectivity index (χ0v) is 14.6. The Morgan fingerprint density at radius 3 is 2.29 bits per heavy atom. The van der Waals surface area contributed by atoms with Gasteiger partial charge in [0.2, 0.25) is 5.91 Å². The third-order valence-corrected chi connectivity index (χ3v) is 6.11. The van der Waals surface area contributed by atoms with Crippen molar-refractivity contribution in [3.05, 3.63) is 30.3 Å². The second-order valence-corrected chi connectivity index (χ2v) is 7.57. The smallest absolute Gasteiger partial charge is 0.225 e. The number of benzene rings is 1. The number of carbonyl (C=O) groups excluding carboxylic acids is 1. The van der Waals surface area contributed by atoms with E-state index in [1.165, 1.54) is 24.9 Å². The molecule has 1 unspecified atom stereocenters. The summed E-state index contributed by atoms with van der Waals surface area (Å²) in [5.74, 6) is 0.785. The maximum atomic E-state index is 12.5. The van der Waals surface area contributed by atoms with E-state index in [-0.39, 0.29) is 0 Å². The van der Waals surface area contributed by atoms with Crippen LogP contribution in [-0.4, -0.2) is 61.0 Å². The van der Waals surface area contributed by atoms with E-state index in [4.69, 9.17) is 0 Å². The van der Waals surface area contributed by atoms with E-state index in [1.54, 1.807) is 0 Å². The number of anilines is 1. The van der Waals surface area contributed by atoms with Gasteiger partial charge in [0, 0.05) is 56.9 Å². The number of nitrogens with zero attached hydrogens (tertiary/aromatic N) is 3. The second kappa shape index (κ2) is 7.14. The number of piperazine rings is 1. The maximum Gasteiger partial charge on any atom is 0.225 e. The Morgan fingerprint density at radius 1 is 0.875 bits per heavy atom. The van der Waals surface area contributed by atoms with Crippen LogP contribution in [0.3, 0.4) is 0 Å². The SMILES string of the molecule is O=C(C1CCC1)N1CCCC(N2CCN(c3ccccc3)CC2)C1. The fourth-order valence-corrected chi connectivity index (χ4v) is 4.35. The largest absolute Gasteiger partial charge is 0.369 e. The molecule has 2 saturated heterocycles. The first-order chi connectivity index (χ1) is 11.8. The molecule has 0 N–H and O–H groups in total. The van der Waals surface area contributed by atoms with Crippen LogP contribution in [0.25, 0.3) is 0 Å². The van der Waals surface area contributed by atoms with E-state index in [0.29, 0.717) is 17.9 Å². The molecule has 1 saturated carbocycles. The lowest BCUT2D eigenvalue weighted by atomic mass is 9.84. The Kier molecular flexibility index (Phi) is 4.74. The van der Waals surface area contributed by atoms with Crippen LogP contribution in [0, 0.1) is 5.92 Å². The number of piperidine rings is 1. The average molecular weight is 327 g/mol. The Hall–Kier alpha value is -1.55. The summed E-state index contributed by atoms with van der Waals surface area (Å²) in [4.78, 5) is 19.8. The molecule has 0 bridgehead atoms. The van der Waals surface area contributed by atoms with Crippen molar-refractivity contribution in [1.82, 2.24) is 9.80 Å². The zero-order valence-electron chi connectivity index (χ0n) is 14.6. The molecule has 24 heavy (non-hydrogen) atoms. The van der Waals surface area contributed by atoms with Gasteiger partial charge in [-0.1, -0.05) is 24.6 Å². The third kappa shape index (κ3) is 3.30. The van der Waals surface area contributed by atoms with Crippen molar-refractivity contribution in [3.8, 4) is 0 Å². The lowest BCUT2D eigenvalue weighted by Crippen LogP contribution is -2.56. The molecule has 4 nitrogen and oxygen atoms in total. The summed E-state index contributed by atoms with van der Waals surface area (Å²) < 4.78 is 0. The van der Waals surface area contributed by atoms with Gasteiger partial charge in [0.1, 0.15) is 0 Å². The lowest BCUT2D eigenvalue weighted by Gasteiger charge is -2.45. The Bertz CT molecular complexity index is 549. The van der Waals surface area contributed by atoms with Gasteiger partial charge in [-0.25, -0.2) is 0 Å². The summed E-state index contributed by atoms with van der Waals surface area (Å²) in [6, 6.07) is 11.3. The second-order valence-electron chi connectivity index (χ2n) is 7.57. The number of likely N-dealkylation sites (tertiary alicyclic amines) is 1. The van der Waals surface area contributed by atoms with E-state index >= 15 is 0 Å². The molecular weight excluding hydrogens is 298 g/mol. The molecule has 4 heteroatoms. The minimum Gasteiger partial charge on any atom is -0.369 e. The van der Waals surface area contributed by atoms with E-state index in [1.807, 2.05) is 0 Å². The summed E-state index contributed by atoms with van der Waals surface area (Å²) in [6.45, 7) is 6.36. The molecule has 1 aliphatic carbocycles. The molecule has 0 aromatic heterocycles. The van der Waals surface area contributed by atoms with Crippen molar-refractivity contribution < 1.29 is 4.79 Å². The lowest BCUT2D eigenvalue weighted by molar-refractivity contribution is -0.140. The minimum absolute atomic E-state index is 0.346. The van der Waals surface area contributed by atoms with Gasteiger partial charge in [0.15, 0.2) is 0 Å². The quantitative estimate of drug-likeness (QED) is 0.854. The maximum absolute atomic E-state index is 12.5. The Balaban J connectivity index is 1.31. The van der Waals surface area contributed by atoms with Crippen LogP contribution in [0.2, 0.25) is 0 Å². The normalized spacial score (nSPS) is 26.2. The van der Waals surface area contributed by atoms with Crippen LogP contribution in [0.4, 0.5) is 5.69 Å². The van der Waals surface area contributed by atoms with Gasteiger partial charge in [-0.2, -0.15) is 0 Å². The van der Waals surface area contributed by atoms with Crippen molar-refractivity contribution in [2.75, 3.05) is 44.2 Å². The molecule has 2 heterocycles. The number of carbonyl (C=O) groups is 1. The highest BCUT2D eigenvalue weighted by atomic mass is 16.2. The van der Waals surface area contributed by atoms with Crippen LogP contribution in [0.5, 0.6) is 0 Å². The van der Waals surface area contributed by atoms with Crippen LogP contribution in [-0.2, 0) is 4.79 Å². The molecule has 1 aromatic carbocycles. The van der Waals surface area contributed by atoms with Crippen LogP contribution in [0.15, 0.2) is 30.3 Å². The van der Waals surface area contributed by atoms with Crippen LogP contribution in [0.1, 0.15) is 32.1 Å². The fraction of sp³-hybridized carbons (Fsp3) is 0.650. The number of amides is 1. The molecule has 3 fully saturated rings. The first kappa shape index (κ1) is 15.9. The molecule has 3 aliphatic rings. The van der Waals surface area contributed by atoms with Gasteiger partial charge in [0.25, 0.3) is 0 Å². The highest BCUT2D eigenvalue weighted by Gasteiger charge is 2.34. The van der Waals surface area contributed by atoms with Gasteiger partial charge in [-0.3, -0.25) is 9.69 Å². The van der Waals surface area contributed by atoms with E-state index in [0.717, 1.165) is 52.1 Å². The standard InChI is InChI=1S/C20H29N3O/c24-20(17-6-4-7-17)23-11-5-10-19(16-23)22-14-12-21(13-15-22)18-8-2-1-3-9-18/h1-3,8-9,17,19H,4-7,10-16H2. The zero-order chi connectivity index (χ0) is 16.4. The Labute approximate surface area is 145 Å². The van der Waals surface area contributed by atoms with Crippen molar-refractivity contribution >= 4 is 11.6 Å². The molecule has 4 rings (SSSR count). The van der Waals surface area contributed by atoms with Crippen molar-refractivity contribution in [2.24, 2.45) is 5.92 Å². The van der Waals surface area contributed by atoms with E-state index in [9.17, 15) is 4.79 Å². The highest BCUT2D eigenvalue weighted by molar-refractivity contribution is 5.79. The van der Waals surface area contributed by atoms with Crippen molar-refractivity contribution in [2.45, 2.75) is 38.1 Å². The minimum atomic E-state index is 0.346. The fourth-order valence-electron chi connectivity index (χ4n) is 4.35. The predicted octanol–water partition coefficient (Wildman–Crippen LogP) is 2.60. The average Bonchev–Trinajstić information content (AvgIpc) is 2.61. The number of hydrogen-bond acceptors (Lipinski definition) is 3. The van der Waals surface area contributed by atoms with Gasteiger partial charge < -0.3 is 9.80 Å². The van der Waals surface area contributed by atoms with E-state index < -0.39 is 0 Å². The van der Waals surface area contributed by atoms with Crippen LogP contribution >= 0.6 is 0 Å². The molecule has 1 aromatic rings. The number of rotatable bonds is 3. The third-order valence-electron chi connectivity index (χ3n) is 6.11. The molecule has 2 aliphatic heterocycles. The summed E-state index contributed by atoms with van der Waals surface area (Å²) in [5.41, 5.74) is 1.34. The molecule has 0 radical (unpaired) electrons. The van der Waals surface area contributed by atoms with Crippen LogP contribution < -0.4 is 4.90 Å². The number of hydrogen-bond donors (Lipinski definition) is 0. The molecule has 1 amide bonds. The summed E-state index contributed by atoms with van der Waals surface area (Å²) in [5, 5.41) is 0. The van der Waals surface area contributed by atoms with Gasteiger partial charge in [-0.15, -0.1) is 0 Å². The van der Waals surface area contributed by atoms with Gasteiger partial charge >= 0.3 is 0 Å². The first-order valence-electron chi connectivity index (χ1n) is 9.64. The monoisotopic (exact) mass is 327 g/mol. The molecule has 130 valence electrons. The van der Waals surface area contributed by atoms with Crippen molar-refractivity contribution in [3.63, 3.8) is 0 Å². The van der Waals surface area contributed by atoms with Gasteiger partial charge in [-0.05, 0) is 37.8 Å². The molecule has 1 atom stereocenters. The molecular formula is C20H29N3O. The first-order valence-corrected chi connectivity index (χ1v) is 9.64. The Morgan fingerprint density at radius 2 is 1.62 bits per heavy atom. The van der Waals surface area contributed by atoms with Crippen molar-refractivity contribution in [1.29, 1.82) is 0 Å². The summed E-state index contributed by atoms with van der Waals surface area (Å²) in [6.07, 6.45) is 5.91.